The second-order valence-electron chi connectivity index (χ2n) is 3.55. The van der Waals surface area contributed by atoms with Crippen molar-refractivity contribution in [2.75, 3.05) is 12.4 Å². The third-order valence-corrected chi connectivity index (χ3v) is 4.58. The second kappa shape index (κ2) is 7.97. The monoisotopic (exact) mass is 293 g/mol. The van der Waals surface area contributed by atoms with Gasteiger partial charge in [0.15, 0.2) is 0 Å². The Morgan fingerprint density at radius 1 is 1.65 bits per heavy atom. The van der Waals surface area contributed by atoms with Crippen LogP contribution in [0.4, 0.5) is 0 Å². The van der Waals surface area contributed by atoms with E-state index in [0.29, 0.717) is 5.75 Å². The molecule has 1 aromatic rings. The van der Waals surface area contributed by atoms with Gasteiger partial charge in [-0.1, -0.05) is 18.5 Å². The van der Waals surface area contributed by atoms with E-state index >= 15 is 0 Å². The van der Waals surface area contributed by atoms with Gasteiger partial charge in [0.2, 0.25) is 5.91 Å². The molecule has 0 spiro atoms. The molecule has 1 heterocycles. The zero-order valence-corrected chi connectivity index (χ0v) is 12.0. The lowest BCUT2D eigenvalue weighted by Gasteiger charge is -2.13. The highest BCUT2D eigenvalue weighted by atomic mass is 35.5. The standard InChI is InChI=1S/C11H16ClNO2S2/c1-2-8(5-14)13-11(15)7-16-6-9-3-4-10(12)17-9/h3-4,8,14H,2,5-7H2,1H3,(H,13,15)/t8-/m1/s1. The predicted molar refractivity (Wildman–Crippen MR) is 74.8 cm³/mol. The Hall–Kier alpha value is -0.230. The van der Waals surface area contributed by atoms with Crippen LogP contribution in [0.3, 0.4) is 0 Å². The van der Waals surface area contributed by atoms with Crippen molar-refractivity contribution in [3.63, 3.8) is 0 Å². The molecule has 1 amide bonds. The first-order valence-corrected chi connectivity index (χ1v) is 7.72. The molecule has 0 aromatic carbocycles. The van der Waals surface area contributed by atoms with Crippen LogP contribution >= 0.6 is 34.7 Å². The number of thiophene rings is 1. The molecule has 1 atom stereocenters. The largest absolute Gasteiger partial charge is 0.394 e. The van der Waals surface area contributed by atoms with E-state index < -0.39 is 0 Å². The SMILES string of the molecule is CC[C@H](CO)NC(=O)CSCc1ccc(Cl)s1. The lowest BCUT2D eigenvalue weighted by molar-refractivity contribution is -0.119. The van der Waals surface area contributed by atoms with E-state index in [2.05, 4.69) is 5.32 Å². The summed E-state index contributed by atoms with van der Waals surface area (Å²) >= 11 is 8.89. The Labute approximate surface area is 115 Å². The Balaban J connectivity index is 2.20. The summed E-state index contributed by atoms with van der Waals surface area (Å²) in [5.41, 5.74) is 0. The first-order chi connectivity index (χ1) is 8.15. The molecule has 17 heavy (non-hydrogen) atoms. The molecule has 0 saturated carbocycles. The topological polar surface area (TPSA) is 49.3 Å². The van der Waals surface area contributed by atoms with Crippen LogP contribution in [-0.4, -0.2) is 29.4 Å². The number of rotatable bonds is 7. The van der Waals surface area contributed by atoms with Crippen LogP contribution in [-0.2, 0) is 10.5 Å². The lowest BCUT2D eigenvalue weighted by atomic mass is 10.2. The van der Waals surface area contributed by atoms with Crippen molar-refractivity contribution in [2.24, 2.45) is 0 Å². The van der Waals surface area contributed by atoms with E-state index in [0.717, 1.165) is 16.5 Å². The molecule has 0 fully saturated rings. The van der Waals surface area contributed by atoms with Crippen LogP contribution in [0.5, 0.6) is 0 Å². The Bertz CT molecular complexity index is 353. The summed E-state index contributed by atoms with van der Waals surface area (Å²) in [6.07, 6.45) is 0.743. The van der Waals surface area contributed by atoms with Crippen molar-refractivity contribution in [3.8, 4) is 0 Å². The van der Waals surface area contributed by atoms with Crippen LogP contribution in [0, 0.1) is 0 Å². The number of thioether (sulfide) groups is 1. The average Bonchev–Trinajstić information content (AvgIpc) is 2.72. The number of nitrogens with one attached hydrogen (secondary N) is 1. The minimum atomic E-state index is -0.126. The van der Waals surface area contributed by atoms with Gasteiger partial charge < -0.3 is 10.4 Å². The molecule has 0 aliphatic heterocycles. The van der Waals surface area contributed by atoms with Gasteiger partial charge in [0.25, 0.3) is 0 Å². The molecular weight excluding hydrogens is 278 g/mol. The second-order valence-corrected chi connectivity index (χ2v) is 6.34. The molecule has 0 saturated heterocycles. The average molecular weight is 294 g/mol. The van der Waals surface area contributed by atoms with Crippen molar-refractivity contribution in [1.82, 2.24) is 5.32 Å². The van der Waals surface area contributed by atoms with Gasteiger partial charge in [-0.2, -0.15) is 0 Å². The maximum atomic E-state index is 11.5. The van der Waals surface area contributed by atoms with E-state index in [1.807, 2.05) is 19.1 Å². The third kappa shape index (κ3) is 5.77. The van der Waals surface area contributed by atoms with Crippen molar-refractivity contribution in [3.05, 3.63) is 21.3 Å². The molecule has 2 N–H and O–H groups in total. The van der Waals surface area contributed by atoms with E-state index in [9.17, 15) is 4.79 Å². The lowest BCUT2D eigenvalue weighted by Crippen LogP contribution is -2.37. The van der Waals surface area contributed by atoms with Crippen molar-refractivity contribution in [1.29, 1.82) is 0 Å². The number of aliphatic hydroxyl groups is 1. The zero-order chi connectivity index (χ0) is 12.7. The van der Waals surface area contributed by atoms with Gasteiger partial charge in [-0.05, 0) is 18.6 Å². The summed E-state index contributed by atoms with van der Waals surface area (Å²) in [5, 5.41) is 11.7. The molecular formula is C11H16ClNO2S2. The first-order valence-electron chi connectivity index (χ1n) is 5.38. The summed E-state index contributed by atoms with van der Waals surface area (Å²) in [5.74, 6) is 1.17. The maximum Gasteiger partial charge on any atom is 0.230 e. The van der Waals surface area contributed by atoms with E-state index in [1.165, 1.54) is 16.2 Å². The molecule has 96 valence electrons. The maximum absolute atomic E-state index is 11.5. The van der Waals surface area contributed by atoms with Crippen LogP contribution < -0.4 is 5.32 Å². The highest BCUT2D eigenvalue weighted by Crippen LogP contribution is 2.24. The highest BCUT2D eigenvalue weighted by Gasteiger charge is 2.09. The fourth-order valence-electron chi connectivity index (χ4n) is 1.22. The molecule has 0 unspecified atom stereocenters. The molecule has 0 bridgehead atoms. The molecule has 6 heteroatoms. The van der Waals surface area contributed by atoms with Crippen LogP contribution in [0.15, 0.2) is 12.1 Å². The van der Waals surface area contributed by atoms with E-state index in [4.69, 9.17) is 16.7 Å². The smallest absolute Gasteiger partial charge is 0.230 e. The van der Waals surface area contributed by atoms with Gasteiger partial charge in [-0.3, -0.25) is 4.79 Å². The number of aliphatic hydroxyl groups excluding tert-OH is 1. The molecule has 3 nitrogen and oxygen atoms in total. The number of amides is 1. The zero-order valence-electron chi connectivity index (χ0n) is 9.61. The van der Waals surface area contributed by atoms with Gasteiger partial charge in [0.05, 0.1) is 22.7 Å². The first kappa shape index (κ1) is 14.8. The van der Waals surface area contributed by atoms with E-state index in [-0.39, 0.29) is 18.6 Å². The summed E-state index contributed by atoms with van der Waals surface area (Å²) in [4.78, 5) is 12.7. The van der Waals surface area contributed by atoms with Crippen molar-refractivity contribution < 1.29 is 9.90 Å². The quantitative estimate of drug-likeness (QED) is 0.812. The highest BCUT2D eigenvalue weighted by molar-refractivity contribution is 7.99. The van der Waals surface area contributed by atoms with Gasteiger partial charge >= 0.3 is 0 Å². The van der Waals surface area contributed by atoms with Gasteiger partial charge in [0, 0.05) is 10.6 Å². The van der Waals surface area contributed by atoms with E-state index in [1.54, 1.807) is 11.8 Å². The number of carbonyl (C=O) groups is 1. The molecule has 0 radical (unpaired) electrons. The van der Waals surface area contributed by atoms with Gasteiger partial charge in [0.1, 0.15) is 0 Å². The molecule has 0 aliphatic carbocycles. The predicted octanol–water partition coefficient (Wildman–Crippen LogP) is 2.52. The number of hydrogen-bond acceptors (Lipinski definition) is 4. The molecule has 0 aliphatic rings. The molecule has 1 rings (SSSR count). The Morgan fingerprint density at radius 2 is 2.41 bits per heavy atom. The fraction of sp³-hybridized carbons (Fsp3) is 0.545. The summed E-state index contributed by atoms with van der Waals surface area (Å²) in [6, 6.07) is 3.71. The summed E-state index contributed by atoms with van der Waals surface area (Å²) in [7, 11) is 0. The van der Waals surface area contributed by atoms with Crippen LogP contribution in [0.25, 0.3) is 0 Å². The number of hydrogen-bond donors (Lipinski definition) is 2. The summed E-state index contributed by atoms with van der Waals surface area (Å²) < 4.78 is 0.774. The number of halogens is 1. The normalized spacial score (nSPS) is 12.4. The van der Waals surface area contributed by atoms with Gasteiger partial charge in [-0.15, -0.1) is 23.1 Å². The minimum absolute atomic E-state index is 0.00651. The number of carbonyl (C=O) groups excluding carboxylic acids is 1. The van der Waals surface area contributed by atoms with Crippen LogP contribution in [0.2, 0.25) is 4.34 Å². The Kier molecular flexibility index (Phi) is 6.96. The minimum Gasteiger partial charge on any atom is -0.394 e. The molecule has 1 aromatic heterocycles. The Morgan fingerprint density at radius 3 is 2.94 bits per heavy atom. The fourth-order valence-corrected chi connectivity index (χ4v) is 3.26. The summed E-state index contributed by atoms with van der Waals surface area (Å²) in [6.45, 7) is 1.93. The third-order valence-electron chi connectivity index (χ3n) is 2.18. The van der Waals surface area contributed by atoms with Crippen molar-refractivity contribution >= 4 is 40.6 Å². The van der Waals surface area contributed by atoms with Crippen molar-refractivity contribution in [2.45, 2.75) is 25.1 Å². The van der Waals surface area contributed by atoms with Gasteiger partial charge in [-0.25, -0.2) is 0 Å². The van der Waals surface area contributed by atoms with Crippen LogP contribution in [0.1, 0.15) is 18.2 Å².